The minimum Gasteiger partial charge on any atom is -0.412 e. The van der Waals surface area contributed by atoms with E-state index in [0.717, 1.165) is 6.42 Å². The van der Waals surface area contributed by atoms with E-state index < -0.39 is 0 Å². The summed E-state index contributed by atoms with van der Waals surface area (Å²) in [4.78, 5) is 0. The number of hydrogen-bond donors (Lipinski definition) is 0. The van der Waals surface area contributed by atoms with Crippen LogP contribution in [-0.4, -0.2) is 10.2 Å². The Hall–Kier alpha value is -0.570. The van der Waals surface area contributed by atoms with Crippen molar-refractivity contribution in [1.29, 1.82) is 0 Å². The fourth-order valence-corrected chi connectivity index (χ4v) is 0.503. The van der Waals surface area contributed by atoms with Crippen molar-refractivity contribution in [3.63, 3.8) is 0 Å². The van der Waals surface area contributed by atoms with E-state index >= 15 is 0 Å². The van der Waals surface area contributed by atoms with Gasteiger partial charge in [-0.05, 0) is 11.6 Å². The van der Waals surface area contributed by atoms with Gasteiger partial charge in [0.05, 0.1) is 0 Å². The molecule has 1 aromatic heterocycles. The summed E-state index contributed by atoms with van der Waals surface area (Å²) in [6.45, 7) is 1.92. The molecule has 0 saturated carbocycles. The first kappa shape index (κ1) is 5.56. The maximum atomic E-state index is 5.30. The molecule has 0 unspecified atom stereocenters. The molecule has 8 heavy (non-hydrogen) atoms. The van der Waals surface area contributed by atoms with E-state index in [9.17, 15) is 0 Å². The van der Waals surface area contributed by atoms with Crippen LogP contribution in [0.4, 0.5) is 0 Å². The van der Waals surface area contributed by atoms with Crippen molar-refractivity contribution in [3.05, 3.63) is 11.2 Å². The van der Waals surface area contributed by atoms with Crippen LogP contribution < -0.4 is 0 Å². The molecule has 0 saturated heterocycles. The van der Waals surface area contributed by atoms with Gasteiger partial charge in [0.25, 0.3) is 0 Å². The Morgan fingerprint density at radius 2 is 2.38 bits per heavy atom. The Balaban J connectivity index is 2.84. The topological polar surface area (TPSA) is 38.9 Å². The van der Waals surface area contributed by atoms with Crippen LogP contribution in [0.1, 0.15) is 12.8 Å². The monoisotopic (exact) mass is 132 g/mol. The van der Waals surface area contributed by atoms with Gasteiger partial charge in [-0.3, -0.25) is 0 Å². The SMILES string of the molecule is CCc1nnc(Cl)o1. The second kappa shape index (κ2) is 2.13. The zero-order valence-electron chi connectivity index (χ0n) is 4.39. The predicted molar refractivity (Wildman–Crippen MR) is 28.7 cm³/mol. The third-order valence-corrected chi connectivity index (χ3v) is 0.897. The van der Waals surface area contributed by atoms with Gasteiger partial charge in [0.1, 0.15) is 0 Å². The van der Waals surface area contributed by atoms with Gasteiger partial charge in [0.15, 0.2) is 0 Å². The summed E-state index contributed by atoms with van der Waals surface area (Å²) in [5.74, 6) is 0.579. The van der Waals surface area contributed by atoms with E-state index in [1.165, 1.54) is 0 Å². The third kappa shape index (κ3) is 0.980. The lowest BCUT2D eigenvalue weighted by Gasteiger charge is -1.76. The molecule has 1 aromatic rings. The van der Waals surface area contributed by atoms with Gasteiger partial charge in [-0.2, -0.15) is 0 Å². The molecule has 0 spiro atoms. The number of aromatic nitrogens is 2. The first-order chi connectivity index (χ1) is 3.83. The van der Waals surface area contributed by atoms with Gasteiger partial charge in [-0.1, -0.05) is 12.0 Å². The molecule has 0 aliphatic heterocycles. The van der Waals surface area contributed by atoms with E-state index in [2.05, 4.69) is 10.2 Å². The van der Waals surface area contributed by atoms with Crippen LogP contribution in [0.2, 0.25) is 5.35 Å². The molecule has 0 bridgehead atoms. The van der Waals surface area contributed by atoms with Crippen molar-refractivity contribution in [3.8, 4) is 0 Å². The van der Waals surface area contributed by atoms with Crippen LogP contribution >= 0.6 is 11.6 Å². The Labute approximate surface area is 51.7 Å². The van der Waals surface area contributed by atoms with Crippen LogP contribution in [0.5, 0.6) is 0 Å². The highest BCUT2D eigenvalue weighted by atomic mass is 35.5. The first-order valence-corrected chi connectivity index (χ1v) is 2.68. The van der Waals surface area contributed by atoms with Crippen molar-refractivity contribution in [2.75, 3.05) is 0 Å². The number of hydrogen-bond acceptors (Lipinski definition) is 3. The van der Waals surface area contributed by atoms with Gasteiger partial charge < -0.3 is 4.42 Å². The number of rotatable bonds is 1. The number of aryl methyl sites for hydroxylation is 1. The summed E-state index contributed by atoms with van der Waals surface area (Å²) < 4.78 is 4.78. The van der Waals surface area contributed by atoms with Crippen molar-refractivity contribution in [2.24, 2.45) is 0 Å². The standard InChI is InChI=1S/C4H5ClN2O/c1-2-3-6-7-4(5)8-3/h2H2,1H3. The summed E-state index contributed by atoms with van der Waals surface area (Å²) >= 11 is 5.30. The molecule has 0 radical (unpaired) electrons. The van der Waals surface area contributed by atoms with Crippen LogP contribution in [0, 0.1) is 0 Å². The molecule has 44 valence electrons. The smallest absolute Gasteiger partial charge is 0.312 e. The lowest BCUT2D eigenvalue weighted by molar-refractivity contribution is 0.502. The van der Waals surface area contributed by atoms with Gasteiger partial charge in [0, 0.05) is 6.42 Å². The van der Waals surface area contributed by atoms with Crippen LogP contribution in [0.15, 0.2) is 4.42 Å². The van der Waals surface area contributed by atoms with Crippen molar-refractivity contribution in [2.45, 2.75) is 13.3 Å². The van der Waals surface area contributed by atoms with Crippen molar-refractivity contribution >= 4 is 11.6 Å². The zero-order valence-corrected chi connectivity index (χ0v) is 5.14. The highest BCUT2D eigenvalue weighted by Crippen LogP contribution is 2.04. The first-order valence-electron chi connectivity index (χ1n) is 2.31. The zero-order chi connectivity index (χ0) is 5.98. The minimum atomic E-state index is 0.113. The summed E-state index contributed by atoms with van der Waals surface area (Å²) in [5.41, 5.74) is 0. The third-order valence-electron chi connectivity index (χ3n) is 0.745. The molecule has 0 fully saturated rings. The van der Waals surface area contributed by atoms with Gasteiger partial charge in [0.2, 0.25) is 5.89 Å². The average Bonchev–Trinajstić information content (AvgIpc) is 2.14. The summed E-state index contributed by atoms with van der Waals surface area (Å²) in [6.07, 6.45) is 0.736. The molecule has 0 aromatic carbocycles. The van der Waals surface area contributed by atoms with E-state index in [4.69, 9.17) is 16.0 Å². The molecule has 0 N–H and O–H groups in total. The maximum Gasteiger partial charge on any atom is 0.312 e. The highest BCUT2D eigenvalue weighted by Gasteiger charge is 1.97. The Kier molecular flexibility index (Phi) is 1.48. The molecule has 1 heterocycles. The molecule has 0 atom stereocenters. The molecule has 0 amide bonds. The Bertz CT molecular complexity index is 174. The van der Waals surface area contributed by atoms with E-state index in [1.807, 2.05) is 6.92 Å². The van der Waals surface area contributed by atoms with Gasteiger partial charge >= 0.3 is 5.35 Å². The predicted octanol–water partition coefficient (Wildman–Crippen LogP) is 1.29. The lowest BCUT2D eigenvalue weighted by Crippen LogP contribution is -1.75. The summed E-state index contributed by atoms with van der Waals surface area (Å²) in [7, 11) is 0. The minimum absolute atomic E-state index is 0.113. The normalized spacial score (nSPS) is 9.75. The summed E-state index contributed by atoms with van der Waals surface area (Å²) in [6, 6.07) is 0. The maximum absolute atomic E-state index is 5.30. The second-order valence-corrected chi connectivity index (χ2v) is 1.63. The number of nitrogens with zero attached hydrogens (tertiary/aromatic N) is 2. The Morgan fingerprint density at radius 3 is 2.62 bits per heavy atom. The summed E-state index contributed by atoms with van der Waals surface area (Å²) in [5, 5.41) is 7.13. The molecule has 1 rings (SSSR count). The van der Waals surface area contributed by atoms with Crippen LogP contribution in [0.25, 0.3) is 0 Å². The van der Waals surface area contributed by atoms with E-state index in [-0.39, 0.29) is 5.35 Å². The fraction of sp³-hybridized carbons (Fsp3) is 0.500. The van der Waals surface area contributed by atoms with E-state index in [1.54, 1.807) is 0 Å². The molecular weight excluding hydrogens is 128 g/mol. The molecular formula is C4H5ClN2O. The Morgan fingerprint density at radius 1 is 1.62 bits per heavy atom. The lowest BCUT2D eigenvalue weighted by atomic mass is 10.5. The van der Waals surface area contributed by atoms with Crippen LogP contribution in [0.3, 0.4) is 0 Å². The number of halogens is 1. The van der Waals surface area contributed by atoms with Gasteiger partial charge in [-0.15, -0.1) is 5.10 Å². The largest absolute Gasteiger partial charge is 0.412 e. The van der Waals surface area contributed by atoms with Crippen LogP contribution in [-0.2, 0) is 6.42 Å². The quantitative estimate of drug-likeness (QED) is 0.578. The van der Waals surface area contributed by atoms with Crippen molar-refractivity contribution < 1.29 is 4.42 Å². The average molecular weight is 133 g/mol. The second-order valence-electron chi connectivity index (χ2n) is 1.30. The molecule has 0 aliphatic carbocycles. The molecule has 0 aliphatic rings. The van der Waals surface area contributed by atoms with Gasteiger partial charge in [-0.25, -0.2) is 0 Å². The van der Waals surface area contributed by atoms with E-state index in [0.29, 0.717) is 5.89 Å². The highest BCUT2D eigenvalue weighted by molar-refractivity contribution is 6.27. The van der Waals surface area contributed by atoms with Crippen molar-refractivity contribution in [1.82, 2.24) is 10.2 Å². The fourth-order valence-electron chi connectivity index (χ4n) is 0.376. The molecule has 4 heteroatoms. The molecule has 3 nitrogen and oxygen atoms in total.